The van der Waals surface area contributed by atoms with Gasteiger partial charge in [-0.1, -0.05) is 0 Å². The van der Waals surface area contributed by atoms with E-state index in [0.717, 1.165) is 0 Å². The van der Waals surface area contributed by atoms with Gasteiger partial charge in [0, 0.05) is 45.1 Å². The zero-order chi connectivity index (χ0) is 17.3. The van der Waals surface area contributed by atoms with Crippen molar-refractivity contribution >= 4 is 12.0 Å². The van der Waals surface area contributed by atoms with Gasteiger partial charge in [0.15, 0.2) is 0 Å². The molecule has 2 N–H and O–H groups in total. The quantitative estimate of drug-likeness (QED) is 0.791. The summed E-state index contributed by atoms with van der Waals surface area (Å²) in [6.45, 7) is 7.05. The van der Waals surface area contributed by atoms with Crippen LogP contribution < -0.4 is 0 Å². The van der Waals surface area contributed by atoms with Gasteiger partial charge in [0.2, 0.25) is 5.91 Å². The predicted octanol–water partition coefficient (Wildman–Crippen LogP) is 0.589. The Hall–Kier alpha value is -1.34. The van der Waals surface area contributed by atoms with Crippen molar-refractivity contribution in [1.82, 2.24) is 9.80 Å². The third kappa shape index (κ3) is 4.81. The molecule has 0 saturated carbocycles. The molecule has 2 aliphatic rings. The molecule has 23 heavy (non-hydrogen) atoms. The molecule has 2 saturated heterocycles. The van der Waals surface area contributed by atoms with E-state index in [1.165, 1.54) is 0 Å². The number of piperidine rings is 1. The van der Waals surface area contributed by atoms with E-state index in [-0.39, 0.29) is 31.1 Å². The van der Waals surface area contributed by atoms with Gasteiger partial charge >= 0.3 is 6.09 Å². The Bertz CT molecular complexity index is 452. The van der Waals surface area contributed by atoms with Crippen LogP contribution in [0.1, 0.15) is 40.0 Å². The summed E-state index contributed by atoms with van der Waals surface area (Å²) in [4.78, 5) is 27.2. The van der Waals surface area contributed by atoms with Gasteiger partial charge in [-0.3, -0.25) is 4.79 Å². The Morgan fingerprint density at radius 2 is 1.96 bits per heavy atom. The molecule has 0 aliphatic carbocycles. The second kappa shape index (κ2) is 6.65. The summed E-state index contributed by atoms with van der Waals surface area (Å²) in [7, 11) is 0. The number of rotatable bonds is 3. The number of hydrogen-bond acceptors (Lipinski definition) is 5. The molecule has 7 nitrogen and oxygen atoms in total. The molecule has 7 heteroatoms. The first-order valence-corrected chi connectivity index (χ1v) is 8.21. The number of carbonyl (C=O) groups is 2. The first-order chi connectivity index (χ1) is 10.6. The second-order valence-corrected chi connectivity index (χ2v) is 7.72. The number of ether oxygens (including phenoxy) is 1. The smallest absolute Gasteiger partial charge is 0.410 e. The molecule has 2 heterocycles. The van der Waals surface area contributed by atoms with Crippen molar-refractivity contribution in [3.63, 3.8) is 0 Å². The summed E-state index contributed by atoms with van der Waals surface area (Å²) < 4.78 is 5.34. The fourth-order valence-electron chi connectivity index (χ4n) is 3.07. The highest BCUT2D eigenvalue weighted by atomic mass is 16.6. The van der Waals surface area contributed by atoms with Gasteiger partial charge in [0.05, 0.1) is 5.60 Å². The summed E-state index contributed by atoms with van der Waals surface area (Å²) in [5, 5.41) is 19.9. The van der Waals surface area contributed by atoms with E-state index < -0.39 is 11.2 Å². The monoisotopic (exact) mass is 328 g/mol. The van der Waals surface area contributed by atoms with Crippen LogP contribution >= 0.6 is 0 Å². The number of aliphatic hydroxyl groups excluding tert-OH is 1. The Balaban J connectivity index is 1.85. The van der Waals surface area contributed by atoms with Gasteiger partial charge in [-0.25, -0.2) is 4.79 Å². The van der Waals surface area contributed by atoms with Gasteiger partial charge in [0.1, 0.15) is 5.60 Å². The van der Waals surface area contributed by atoms with Crippen LogP contribution in [-0.2, 0) is 9.53 Å². The van der Waals surface area contributed by atoms with Crippen molar-refractivity contribution in [1.29, 1.82) is 0 Å². The zero-order valence-corrected chi connectivity index (χ0v) is 14.2. The Kier molecular flexibility index (Phi) is 5.20. The average molecular weight is 328 g/mol. The highest BCUT2D eigenvalue weighted by molar-refractivity contribution is 5.78. The lowest BCUT2D eigenvalue weighted by atomic mass is 9.91. The number of nitrogens with zero attached hydrogens (tertiary/aromatic N) is 2. The van der Waals surface area contributed by atoms with Crippen LogP contribution in [0.15, 0.2) is 0 Å². The van der Waals surface area contributed by atoms with Crippen molar-refractivity contribution in [2.75, 3.05) is 32.8 Å². The second-order valence-electron chi connectivity index (χ2n) is 7.72. The van der Waals surface area contributed by atoms with Crippen molar-refractivity contribution in [3.05, 3.63) is 0 Å². The van der Waals surface area contributed by atoms with E-state index in [0.29, 0.717) is 38.9 Å². The number of hydrogen-bond donors (Lipinski definition) is 2. The van der Waals surface area contributed by atoms with E-state index in [1.54, 1.807) is 9.80 Å². The molecule has 1 unspecified atom stereocenters. The van der Waals surface area contributed by atoms with E-state index in [4.69, 9.17) is 9.84 Å². The van der Waals surface area contributed by atoms with Gasteiger partial charge in [-0.15, -0.1) is 0 Å². The Morgan fingerprint density at radius 3 is 2.43 bits per heavy atom. The maximum absolute atomic E-state index is 12.0. The molecule has 1 atom stereocenters. The van der Waals surface area contributed by atoms with Crippen LogP contribution in [0.3, 0.4) is 0 Å². The molecule has 0 aromatic carbocycles. The summed E-state index contributed by atoms with van der Waals surface area (Å²) in [5.41, 5.74) is -1.51. The summed E-state index contributed by atoms with van der Waals surface area (Å²) in [6.07, 6.45) is 0.813. The van der Waals surface area contributed by atoms with Crippen molar-refractivity contribution in [3.8, 4) is 0 Å². The molecule has 0 spiro atoms. The zero-order valence-electron chi connectivity index (χ0n) is 14.2. The van der Waals surface area contributed by atoms with E-state index >= 15 is 0 Å². The van der Waals surface area contributed by atoms with Crippen LogP contribution in [0.2, 0.25) is 0 Å². The van der Waals surface area contributed by atoms with Crippen LogP contribution in [0.25, 0.3) is 0 Å². The highest BCUT2D eigenvalue weighted by Crippen LogP contribution is 2.27. The summed E-state index contributed by atoms with van der Waals surface area (Å²) in [5.74, 6) is -0.0556. The molecular formula is C16H28N2O5. The largest absolute Gasteiger partial charge is 0.444 e. The third-order valence-electron chi connectivity index (χ3n) is 4.38. The molecule has 2 aliphatic heterocycles. The van der Waals surface area contributed by atoms with Crippen LogP contribution in [0, 0.1) is 5.92 Å². The molecule has 2 fully saturated rings. The maximum atomic E-state index is 12.0. The minimum atomic E-state index is -0.974. The van der Waals surface area contributed by atoms with Gasteiger partial charge < -0.3 is 24.7 Å². The van der Waals surface area contributed by atoms with Gasteiger partial charge in [-0.2, -0.15) is 0 Å². The first-order valence-electron chi connectivity index (χ1n) is 8.21. The highest BCUT2D eigenvalue weighted by Gasteiger charge is 2.40. The fourth-order valence-corrected chi connectivity index (χ4v) is 3.07. The molecule has 0 aromatic heterocycles. The standard InChI is InChI=1S/C16H28N2O5/c1-15(2,3)23-14(21)17-6-4-16(22,5-7-17)11-18-9-12(10-19)8-13(18)20/h12,19,22H,4-11H2,1-3H3. The number of likely N-dealkylation sites (tertiary alicyclic amines) is 2. The minimum absolute atomic E-state index is 0.00685. The normalized spacial score (nSPS) is 24.9. The van der Waals surface area contributed by atoms with E-state index in [9.17, 15) is 14.7 Å². The SMILES string of the molecule is CC(C)(C)OC(=O)N1CCC(O)(CN2CC(CO)CC2=O)CC1. The fraction of sp³-hybridized carbons (Fsp3) is 0.875. The molecule has 132 valence electrons. The third-order valence-corrected chi connectivity index (χ3v) is 4.38. The molecule has 2 amide bonds. The number of aliphatic hydroxyl groups is 2. The predicted molar refractivity (Wildman–Crippen MR) is 83.8 cm³/mol. The van der Waals surface area contributed by atoms with E-state index in [2.05, 4.69) is 0 Å². The van der Waals surface area contributed by atoms with Gasteiger partial charge in [-0.05, 0) is 33.6 Å². The van der Waals surface area contributed by atoms with Crippen LogP contribution in [0.5, 0.6) is 0 Å². The lowest BCUT2D eigenvalue weighted by Crippen LogP contribution is -2.53. The Morgan fingerprint density at radius 1 is 1.35 bits per heavy atom. The molecular weight excluding hydrogens is 300 g/mol. The lowest BCUT2D eigenvalue weighted by Gasteiger charge is -2.40. The lowest BCUT2D eigenvalue weighted by molar-refractivity contribution is -0.132. The molecule has 0 radical (unpaired) electrons. The average Bonchev–Trinajstić information content (AvgIpc) is 2.77. The number of carbonyl (C=O) groups excluding carboxylic acids is 2. The summed E-state index contributed by atoms with van der Waals surface area (Å²) >= 11 is 0. The maximum Gasteiger partial charge on any atom is 0.410 e. The molecule has 0 bridgehead atoms. The topological polar surface area (TPSA) is 90.3 Å². The van der Waals surface area contributed by atoms with Crippen LogP contribution in [-0.4, -0.2) is 76.0 Å². The van der Waals surface area contributed by atoms with Crippen LogP contribution in [0.4, 0.5) is 4.79 Å². The van der Waals surface area contributed by atoms with E-state index in [1.807, 2.05) is 20.8 Å². The molecule has 0 aromatic rings. The van der Waals surface area contributed by atoms with Crippen molar-refractivity contribution in [2.24, 2.45) is 5.92 Å². The Labute approximate surface area is 137 Å². The number of β-amino-alcohol motifs (C(OH)–C–C–N with tert-alkyl or cyclic N) is 1. The minimum Gasteiger partial charge on any atom is -0.444 e. The first kappa shape index (κ1) is 18.0. The molecule has 2 rings (SSSR count). The van der Waals surface area contributed by atoms with Crippen molar-refractivity contribution < 1.29 is 24.5 Å². The summed E-state index contributed by atoms with van der Waals surface area (Å²) in [6, 6.07) is 0. The van der Waals surface area contributed by atoms with Crippen molar-refractivity contribution in [2.45, 2.75) is 51.2 Å². The number of amides is 2. The van der Waals surface area contributed by atoms with Gasteiger partial charge in [0.25, 0.3) is 0 Å².